The van der Waals surface area contributed by atoms with Crippen molar-refractivity contribution in [1.29, 1.82) is 0 Å². The fourth-order valence-corrected chi connectivity index (χ4v) is 4.90. The molecule has 2 aromatic carbocycles. The van der Waals surface area contributed by atoms with Crippen molar-refractivity contribution in [3.8, 4) is 11.3 Å². The molecule has 2 N–H and O–H groups in total. The number of benzene rings is 2. The Morgan fingerprint density at radius 3 is 1.82 bits per heavy atom. The van der Waals surface area contributed by atoms with Gasteiger partial charge < -0.3 is 10.6 Å². The molecule has 1 aliphatic rings. The van der Waals surface area contributed by atoms with E-state index in [2.05, 4.69) is 79.9 Å². The van der Waals surface area contributed by atoms with E-state index >= 15 is 0 Å². The van der Waals surface area contributed by atoms with Crippen molar-refractivity contribution >= 4 is 5.82 Å². The molecule has 0 aliphatic heterocycles. The van der Waals surface area contributed by atoms with E-state index in [-0.39, 0.29) is 0 Å². The van der Waals surface area contributed by atoms with Gasteiger partial charge in [0.05, 0.1) is 5.69 Å². The Hall–Kier alpha value is -2.65. The Morgan fingerprint density at radius 2 is 1.33 bits per heavy atom. The highest BCUT2D eigenvalue weighted by Crippen LogP contribution is 2.31. The highest BCUT2D eigenvalue weighted by atomic mass is 15.0. The molecule has 3 aromatic rings. The molecule has 0 radical (unpaired) electrons. The largest absolute Gasteiger partial charge is 0.373 e. The highest BCUT2D eigenvalue weighted by Gasteiger charge is 2.15. The third-order valence-electron chi connectivity index (χ3n) is 6.70. The number of fused-ring (bicyclic) bond motifs is 1. The Bertz CT molecular complexity index is 966. The van der Waals surface area contributed by atoms with Crippen LogP contribution in [0.4, 0.5) is 5.82 Å². The molecule has 0 fully saturated rings. The first-order valence-corrected chi connectivity index (χ1v) is 12.7. The molecule has 0 atom stereocenters. The lowest BCUT2D eigenvalue weighted by Crippen LogP contribution is -2.12. The number of rotatable bonds is 7. The SMILES string of the molecule is CCc1cc(-c2c(CC)cccc2CC)nc(NC)c1CNC.c1ccc2c(c1)CCCC2. The van der Waals surface area contributed by atoms with Crippen LogP contribution in [0.25, 0.3) is 11.3 Å². The highest BCUT2D eigenvalue weighted by molar-refractivity contribution is 5.71. The van der Waals surface area contributed by atoms with E-state index in [0.717, 1.165) is 37.3 Å². The van der Waals surface area contributed by atoms with Crippen molar-refractivity contribution in [3.05, 3.63) is 81.9 Å². The maximum atomic E-state index is 4.95. The van der Waals surface area contributed by atoms with Crippen LogP contribution in [-0.2, 0) is 38.6 Å². The summed E-state index contributed by atoms with van der Waals surface area (Å²) < 4.78 is 0. The number of anilines is 1. The minimum Gasteiger partial charge on any atom is -0.373 e. The summed E-state index contributed by atoms with van der Waals surface area (Å²) in [5.74, 6) is 0.988. The lowest BCUT2D eigenvalue weighted by atomic mass is 9.92. The smallest absolute Gasteiger partial charge is 0.131 e. The van der Waals surface area contributed by atoms with Gasteiger partial charge in [-0.15, -0.1) is 0 Å². The van der Waals surface area contributed by atoms with Crippen LogP contribution < -0.4 is 10.6 Å². The normalized spacial score (nSPS) is 12.5. The van der Waals surface area contributed by atoms with Gasteiger partial charge in [-0.3, -0.25) is 0 Å². The van der Waals surface area contributed by atoms with Crippen molar-refractivity contribution < 1.29 is 0 Å². The van der Waals surface area contributed by atoms with Gasteiger partial charge in [0, 0.05) is 24.7 Å². The Labute approximate surface area is 201 Å². The van der Waals surface area contributed by atoms with Gasteiger partial charge in [0.1, 0.15) is 5.82 Å². The monoisotopic (exact) mass is 443 g/mol. The fourth-order valence-electron chi connectivity index (χ4n) is 4.90. The summed E-state index contributed by atoms with van der Waals surface area (Å²) in [5.41, 5.74) is 11.0. The van der Waals surface area contributed by atoms with Crippen molar-refractivity contribution in [2.45, 2.75) is 72.3 Å². The first-order valence-electron chi connectivity index (χ1n) is 12.7. The predicted octanol–water partition coefficient (Wildman–Crippen LogP) is 6.76. The van der Waals surface area contributed by atoms with Gasteiger partial charge in [-0.2, -0.15) is 0 Å². The Kier molecular flexibility index (Phi) is 9.50. The average Bonchev–Trinajstić information content (AvgIpc) is 2.88. The van der Waals surface area contributed by atoms with Crippen LogP contribution in [-0.4, -0.2) is 19.1 Å². The molecular weight excluding hydrogens is 402 g/mol. The van der Waals surface area contributed by atoms with Crippen LogP contribution in [0, 0.1) is 0 Å². The van der Waals surface area contributed by atoms with E-state index in [4.69, 9.17) is 4.98 Å². The van der Waals surface area contributed by atoms with Crippen LogP contribution in [0.5, 0.6) is 0 Å². The van der Waals surface area contributed by atoms with Gasteiger partial charge in [-0.1, -0.05) is 63.2 Å². The Balaban J connectivity index is 0.000000252. The molecule has 1 heterocycles. The molecule has 1 aromatic heterocycles. The van der Waals surface area contributed by atoms with Gasteiger partial charge in [0.2, 0.25) is 0 Å². The standard InChI is InChI=1S/C20H29N3.C10H12/c1-6-14-10-9-11-15(7-2)19(14)18-12-16(8-3)17(13-21-4)20(22-5)23-18;1-2-6-10-8-4-3-7-9(10)5-1/h9-12,21H,6-8,13H2,1-5H3,(H,22,23);1-2,5-6H,3-4,7-8H2. The molecule has 176 valence electrons. The van der Waals surface area contributed by atoms with E-state index in [9.17, 15) is 0 Å². The molecule has 1 aliphatic carbocycles. The summed E-state index contributed by atoms with van der Waals surface area (Å²) in [7, 11) is 3.94. The van der Waals surface area contributed by atoms with Crippen LogP contribution in [0.3, 0.4) is 0 Å². The molecule has 0 bridgehead atoms. The molecule has 33 heavy (non-hydrogen) atoms. The first-order chi connectivity index (χ1) is 16.2. The zero-order valence-corrected chi connectivity index (χ0v) is 21.2. The van der Waals surface area contributed by atoms with Crippen molar-refractivity contribution in [2.75, 3.05) is 19.4 Å². The number of aryl methyl sites for hydroxylation is 5. The molecular formula is C30H41N3. The van der Waals surface area contributed by atoms with Crippen molar-refractivity contribution in [3.63, 3.8) is 0 Å². The molecule has 0 spiro atoms. The second kappa shape index (κ2) is 12.6. The van der Waals surface area contributed by atoms with E-state index < -0.39 is 0 Å². The molecule has 3 heteroatoms. The fraction of sp³-hybridized carbons (Fsp3) is 0.433. The maximum Gasteiger partial charge on any atom is 0.131 e. The zero-order valence-electron chi connectivity index (χ0n) is 21.2. The molecule has 4 rings (SSSR count). The van der Waals surface area contributed by atoms with E-state index in [1.165, 1.54) is 53.5 Å². The van der Waals surface area contributed by atoms with Crippen molar-refractivity contribution in [1.82, 2.24) is 10.3 Å². The lowest BCUT2D eigenvalue weighted by molar-refractivity contribution is 0.685. The number of hydrogen-bond donors (Lipinski definition) is 2. The van der Waals surface area contributed by atoms with Gasteiger partial charge in [0.25, 0.3) is 0 Å². The number of hydrogen-bond acceptors (Lipinski definition) is 3. The topological polar surface area (TPSA) is 37.0 Å². The third kappa shape index (κ3) is 6.03. The van der Waals surface area contributed by atoms with Gasteiger partial charge >= 0.3 is 0 Å². The minimum absolute atomic E-state index is 0.836. The van der Waals surface area contributed by atoms with Gasteiger partial charge in [-0.25, -0.2) is 4.98 Å². The second-order valence-electron chi connectivity index (χ2n) is 8.76. The molecule has 0 saturated carbocycles. The number of pyridine rings is 1. The molecule has 0 saturated heterocycles. The molecule has 0 amide bonds. The lowest BCUT2D eigenvalue weighted by Gasteiger charge is -2.18. The number of nitrogens with zero attached hydrogens (tertiary/aromatic N) is 1. The van der Waals surface area contributed by atoms with Crippen molar-refractivity contribution in [2.24, 2.45) is 0 Å². The first kappa shape index (κ1) is 25.0. The van der Waals surface area contributed by atoms with Gasteiger partial charge in [-0.05, 0) is 85.9 Å². The summed E-state index contributed by atoms with van der Waals surface area (Å²) in [6.07, 6.45) is 8.44. The second-order valence-corrected chi connectivity index (χ2v) is 8.76. The summed E-state index contributed by atoms with van der Waals surface area (Å²) in [6.45, 7) is 7.48. The van der Waals surface area contributed by atoms with Crippen LogP contribution >= 0.6 is 0 Å². The van der Waals surface area contributed by atoms with Crippen LogP contribution in [0.1, 0.15) is 67.0 Å². The summed E-state index contributed by atoms with van der Waals surface area (Å²) in [5, 5.41) is 6.55. The summed E-state index contributed by atoms with van der Waals surface area (Å²) in [6, 6.07) is 17.7. The zero-order chi connectivity index (χ0) is 23.6. The van der Waals surface area contributed by atoms with Crippen LogP contribution in [0.15, 0.2) is 48.5 Å². The number of nitrogens with one attached hydrogen (secondary N) is 2. The minimum atomic E-state index is 0.836. The summed E-state index contributed by atoms with van der Waals surface area (Å²) in [4.78, 5) is 4.95. The summed E-state index contributed by atoms with van der Waals surface area (Å²) >= 11 is 0. The molecule has 3 nitrogen and oxygen atoms in total. The predicted molar refractivity (Wildman–Crippen MR) is 143 cm³/mol. The molecule has 0 unspecified atom stereocenters. The third-order valence-corrected chi connectivity index (χ3v) is 6.70. The van der Waals surface area contributed by atoms with E-state index in [1.54, 1.807) is 11.1 Å². The van der Waals surface area contributed by atoms with E-state index in [0.29, 0.717) is 0 Å². The van der Waals surface area contributed by atoms with Gasteiger partial charge in [0.15, 0.2) is 0 Å². The van der Waals surface area contributed by atoms with E-state index in [1.807, 2.05) is 14.1 Å². The number of aromatic nitrogens is 1. The average molecular weight is 444 g/mol. The maximum absolute atomic E-state index is 4.95. The Morgan fingerprint density at radius 1 is 0.758 bits per heavy atom. The van der Waals surface area contributed by atoms with Crippen LogP contribution in [0.2, 0.25) is 0 Å². The quantitative estimate of drug-likeness (QED) is 0.423.